The van der Waals surface area contributed by atoms with Crippen LogP contribution in [0.1, 0.15) is 60.3 Å². The molecule has 0 heterocycles. The van der Waals surface area contributed by atoms with E-state index in [1.807, 2.05) is 6.08 Å². The number of aliphatic hydroxyl groups is 1. The van der Waals surface area contributed by atoms with Crippen molar-refractivity contribution >= 4 is 14.1 Å². The van der Waals surface area contributed by atoms with Gasteiger partial charge in [-0.05, 0) is 54.1 Å². The number of aliphatic hydroxyl groups excluding tert-OH is 1. The van der Waals surface area contributed by atoms with Crippen molar-refractivity contribution in [3.63, 3.8) is 0 Å². The number of allylic oxidation sites excluding steroid dienone is 1. The molecule has 5 atom stereocenters. The van der Waals surface area contributed by atoms with E-state index in [1.165, 1.54) is 0 Å². The molecule has 0 aromatic rings. The molecule has 2 rings (SSSR count). The summed E-state index contributed by atoms with van der Waals surface area (Å²) in [7, 11) is -1.78. The summed E-state index contributed by atoms with van der Waals surface area (Å²) in [4.78, 5) is 12.9. The minimum Gasteiger partial charge on any atom is -0.417 e. The van der Waals surface area contributed by atoms with Crippen LogP contribution in [-0.2, 0) is 9.22 Å². The Balaban J connectivity index is 1.91. The van der Waals surface area contributed by atoms with Gasteiger partial charge in [0.15, 0.2) is 8.32 Å². The zero-order valence-electron chi connectivity index (χ0n) is 18.0. The number of hydrogen-bond donors (Lipinski definition) is 1. The molecule has 0 aliphatic heterocycles. The third kappa shape index (κ3) is 4.34. The molecule has 4 heteroatoms. The predicted molar refractivity (Wildman–Crippen MR) is 111 cm³/mol. The van der Waals surface area contributed by atoms with Crippen LogP contribution in [0.5, 0.6) is 0 Å². The average molecular weight is 381 g/mol. The second-order valence-electron chi connectivity index (χ2n) is 10.7. The van der Waals surface area contributed by atoms with Crippen LogP contribution in [0.4, 0.5) is 0 Å². The van der Waals surface area contributed by atoms with Crippen LogP contribution in [-0.4, -0.2) is 31.9 Å². The molecule has 2 saturated carbocycles. The standard InChI is InChI=1S/C22H40O3Si/c1-9-17-20(22(17,5)6)19(24)13-18(23)16-12-10-11-15(16)14-25-26(7,8)21(2,3)4/h9,15-17,19-20,24H,1,10-14H2,2-8H3/t15-,16+,17-,19-,20-/m0/s1. The molecular formula is C22H40O3Si. The Morgan fingerprint density at radius 1 is 1.35 bits per heavy atom. The zero-order valence-corrected chi connectivity index (χ0v) is 19.0. The van der Waals surface area contributed by atoms with Gasteiger partial charge in [-0.3, -0.25) is 4.79 Å². The molecule has 0 bridgehead atoms. The van der Waals surface area contributed by atoms with Crippen molar-refractivity contribution in [2.45, 2.75) is 84.5 Å². The summed E-state index contributed by atoms with van der Waals surface area (Å²) >= 11 is 0. The Bertz CT molecular complexity index is 532. The van der Waals surface area contributed by atoms with Crippen molar-refractivity contribution in [1.82, 2.24) is 0 Å². The van der Waals surface area contributed by atoms with E-state index in [9.17, 15) is 9.90 Å². The Morgan fingerprint density at radius 3 is 2.46 bits per heavy atom. The largest absolute Gasteiger partial charge is 0.417 e. The lowest BCUT2D eigenvalue weighted by molar-refractivity contribution is -0.126. The van der Waals surface area contributed by atoms with Gasteiger partial charge in [-0.15, -0.1) is 6.58 Å². The first-order chi connectivity index (χ1) is 11.8. The van der Waals surface area contributed by atoms with Gasteiger partial charge < -0.3 is 9.53 Å². The van der Waals surface area contributed by atoms with Crippen molar-refractivity contribution in [3.05, 3.63) is 12.7 Å². The van der Waals surface area contributed by atoms with Crippen molar-refractivity contribution in [3.8, 4) is 0 Å². The molecular weight excluding hydrogens is 340 g/mol. The van der Waals surface area contributed by atoms with Crippen molar-refractivity contribution in [2.24, 2.45) is 29.1 Å². The van der Waals surface area contributed by atoms with Crippen LogP contribution in [0.15, 0.2) is 12.7 Å². The van der Waals surface area contributed by atoms with E-state index in [2.05, 4.69) is 54.3 Å². The van der Waals surface area contributed by atoms with Gasteiger partial charge in [-0.25, -0.2) is 0 Å². The van der Waals surface area contributed by atoms with E-state index in [0.717, 1.165) is 19.3 Å². The monoisotopic (exact) mass is 380 g/mol. The molecule has 2 aliphatic rings. The number of carbonyl (C=O) groups is 1. The minimum atomic E-state index is -1.78. The van der Waals surface area contributed by atoms with Gasteiger partial charge in [0.05, 0.1) is 6.10 Å². The molecule has 0 radical (unpaired) electrons. The number of ketones is 1. The topological polar surface area (TPSA) is 46.5 Å². The first-order valence-corrected chi connectivity index (χ1v) is 13.2. The highest BCUT2D eigenvalue weighted by Gasteiger charge is 2.59. The summed E-state index contributed by atoms with van der Waals surface area (Å²) in [5.41, 5.74) is 0.0714. The highest BCUT2D eigenvalue weighted by Crippen LogP contribution is 2.61. The van der Waals surface area contributed by atoms with Gasteiger partial charge in [0.2, 0.25) is 0 Å². The maximum absolute atomic E-state index is 12.9. The lowest BCUT2D eigenvalue weighted by Gasteiger charge is -2.37. The quantitative estimate of drug-likeness (QED) is 0.465. The smallest absolute Gasteiger partial charge is 0.191 e. The molecule has 0 aromatic heterocycles. The van der Waals surface area contributed by atoms with Gasteiger partial charge in [0.25, 0.3) is 0 Å². The summed E-state index contributed by atoms with van der Waals surface area (Å²) in [5, 5.41) is 10.8. The highest BCUT2D eigenvalue weighted by atomic mass is 28.4. The zero-order chi connectivity index (χ0) is 19.9. The van der Waals surface area contributed by atoms with E-state index in [4.69, 9.17) is 4.43 Å². The number of rotatable bonds is 8. The third-order valence-corrected chi connectivity index (χ3v) is 12.1. The molecule has 26 heavy (non-hydrogen) atoms. The van der Waals surface area contributed by atoms with Crippen LogP contribution in [0.3, 0.4) is 0 Å². The minimum absolute atomic E-state index is 0.0680. The molecule has 0 amide bonds. The molecule has 3 nitrogen and oxygen atoms in total. The van der Waals surface area contributed by atoms with Gasteiger partial charge in [0, 0.05) is 18.9 Å². The second-order valence-corrected chi connectivity index (χ2v) is 15.5. The molecule has 0 saturated heterocycles. The number of carbonyl (C=O) groups excluding carboxylic acids is 1. The van der Waals surface area contributed by atoms with E-state index < -0.39 is 14.4 Å². The Kier molecular flexibility index (Phi) is 6.32. The fraction of sp³-hybridized carbons (Fsp3) is 0.864. The van der Waals surface area contributed by atoms with Crippen molar-refractivity contribution < 1.29 is 14.3 Å². The maximum atomic E-state index is 12.9. The average Bonchev–Trinajstić information content (AvgIpc) is 2.85. The SMILES string of the molecule is C=C[C@H]1[C@@H]([C@@H](O)CC(=O)[C@@H]2CCC[C@H]2CO[Si](C)(C)C(C)(C)C)C1(C)C. The number of hydrogen-bond acceptors (Lipinski definition) is 3. The van der Waals surface area contributed by atoms with Gasteiger partial charge >= 0.3 is 0 Å². The maximum Gasteiger partial charge on any atom is 0.191 e. The molecule has 1 N–H and O–H groups in total. The van der Waals surface area contributed by atoms with Crippen LogP contribution >= 0.6 is 0 Å². The molecule has 0 aromatic carbocycles. The normalized spacial score (nSPS) is 32.3. The molecule has 0 unspecified atom stereocenters. The highest BCUT2D eigenvalue weighted by molar-refractivity contribution is 6.74. The van der Waals surface area contributed by atoms with Gasteiger partial charge in [-0.2, -0.15) is 0 Å². The molecule has 2 aliphatic carbocycles. The summed E-state index contributed by atoms with van der Waals surface area (Å²) in [6, 6.07) is 0. The first-order valence-electron chi connectivity index (χ1n) is 10.3. The fourth-order valence-corrected chi connectivity index (χ4v) is 5.64. The number of Topliss-reactive ketones (excluding diaryl/α,β-unsaturated/α-hetero) is 1. The van der Waals surface area contributed by atoms with E-state index in [-0.39, 0.29) is 28.1 Å². The summed E-state index contributed by atoms with van der Waals surface area (Å²) in [5.74, 6) is 1.13. The lowest BCUT2D eigenvalue weighted by Crippen LogP contribution is -2.42. The van der Waals surface area contributed by atoms with Crippen LogP contribution in [0.2, 0.25) is 18.1 Å². The molecule has 0 spiro atoms. The summed E-state index contributed by atoms with van der Waals surface area (Å²) in [6.07, 6.45) is 4.82. The first kappa shape index (κ1) is 21.8. The van der Waals surface area contributed by atoms with Gasteiger partial charge in [0.1, 0.15) is 5.78 Å². The van der Waals surface area contributed by atoms with Gasteiger partial charge in [-0.1, -0.05) is 47.1 Å². The Labute approximate surface area is 161 Å². The van der Waals surface area contributed by atoms with Crippen LogP contribution in [0, 0.1) is 29.1 Å². The van der Waals surface area contributed by atoms with Crippen molar-refractivity contribution in [2.75, 3.05) is 6.61 Å². The Hall–Kier alpha value is -0.453. The van der Waals surface area contributed by atoms with Crippen molar-refractivity contribution in [1.29, 1.82) is 0 Å². The lowest BCUT2D eigenvalue weighted by atomic mass is 9.88. The second kappa shape index (κ2) is 7.52. The fourth-order valence-electron chi connectivity index (χ4n) is 4.58. The van der Waals surface area contributed by atoms with Crippen LogP contribution in [0.25, 0.3) is 0 Å². The summed E-state index contributed by atoms with van der Waals surface area (Å²) < 4.78 is 6.40. The van der Waals surface area contributed by atoms with E-state index >= 15 is 0 Å². The molecule has 2 fully saturated rings. The third-order valence-electron chi connectivity index (χ3n) is 7.61. The predicted octanol–water partition coefficient (Wildman–Crippen LogP) is 5.20. The molecule has 150 valence electrons. The van der Waals surface area contributed by atoms with Crippen LogP contribution < -0.4 is 0 Å². The Morgan fingerprint density at radius 2 is 1.96 bits per heavy atom. The van der Waals surface area contributed by atoms with E-state index in [1.54, 1.807) is 0 Å². The summed E-state index contributed by atoms with van der Waals surface area (Å²) in [6.45, 7) is 20.2. The van der Waals surface area contributed by atoms with E-state index in [0.29, 0.717) is 24.9 Å².